The van der Waals surface area contributed by atoms with Crippen LogP contribution in [0.2, 0.25) is 0 Å². The molecule has 2 rings (SSSR count). The van der Waals surface area contributed by atoms with Crippen molar-refractivity contribution in [3.63, 3.8) is 0 Å². The van der Waals surface area contributed by atoms with Gasteiger partial charge in [0.05, 0.1) is 17.4 Å². The first kappa shape index (κ1) is 22.2. The quantitative estimate of drug-likeness (QED) is 0.262. The van der Waals surface area contributed by atoms with E-state index in [1.54, 1.807) is 31.2 Å². The van der Waals surface area contributed by atoms with Crippen molar-refractivity contribution < 1.29 is 34.1 Å². The highest BCUT2D eigenvalue weighted by atomic mass is 16.5. The summed E-state index contributed by atoms with van der Waals surface area (Å²) in [7, 11) is 0. The predicted octanol–water partition coefficient (Wildman–Crippen LogP) is 4.21. The fraction of sp³-hybridized carbons (Fsp3) is 0.0870. The number of benzene rings is 2. The Hall–Kier alpha value is -4.13. The first-order valence-corrected chi connectivity index (χ1v) is 8.79. The molecule has 2 N–H and O–H groups in total. The number of aromatic carboxylic acids is 1. The third-order valence-corrected chi connectivity index (χ3v) is 3.69. The monoisotopic (exact) mass is 408 g/mol. The second-order valence-electron chi connectivity index (χ2n) is 6.24. The van der Waals surface area contributed by atoms with Gasteiger partial charge in [0.15, 0.2) is 12.4 Å². The summed E-state index contributed by atoms with van der Waals surface area (Å²) in [6.07, 6.45) is 5.78. The standard InChI is InChI=1S/C23H20O7/c1-15(2)10-11-29-18-7-8-19(21(13-18)30-14-22(25)26)20(24)9-6-16-4-3-5-17(12-16)23(27)28/h3-13H,1,14H2,2H3,(H,25,26)(H,27,28). The maximum atomic E-state index is 12.6. The minimum Gasteiger partial charge on any atom is -0.481 e. The van der Waals surface area contributed by atoms with Crippen molar-refractivity contribution in [3.05, 3.63) is 89.7 Å². The van der Waals surface area contributed by atoms with E-state index in [0.29, 0.717) is 11.3 Å². The molecule has 0 aromatic heterocycles. The lowest BCUT2D eigenvalue weighted by Crippen LogP contribution is -2.11. The van der Waals surface area contributed by atoms with Gasteiger partial charge < -0.3 is 19.7 Å². The summed E-state index contributed by atoms with van der Waals surface area (Å²) in [5.74, 6) is -2.31. The van der Waals surface area contributed by atoms with Gasteiger partial charge in [-0.3, -0.25) is 4.79 Å². The molecule has 0 radical (unpaired) electrons. The Labute approximate surface area is 173 Å². The van der Waals surface area contributed by atoms with Crippen LogP contribution in [0.15, 0.2) is 73.0 Å². The number of carboxylic acid groups (broad SMARTS) is 2. The summed E-state index contributed by atoms with van der Waals surface area (Å²) < 4.78 is 10.6. The number of hydrogen-bond acceptors (Lipinski definition) is 5. The summed E-state index contributed by atoms with van der Waals surface area (Å²) >= 11 is 0. The van der Waals surface area contributed by atoms with Crippen molar-refractivity contribution >= 4 is 23.8 Å². The third-order valence-electron chi connectivity index (χ3n) is 3.69. The largest absolute Gasteiger partial charge is 0.481 e. The third kappa shape index (κ3) is 6.79. The maximum Gasteiger partial charge on any atom is 0.341 e. The molecule has 0 unspecified atom stereocenters. The molecule has 0 saturated carbocycles. The van der Waals surface area contributed by atoms with E-state index in [0.717, 1.165) is 5.57 Å². The molecule has 154 valence electrons. The number of carbonyl (C=O) groups is 3. The van der Waals surface area contributed by atoms with Gasteiger partial charge in [0.1, 0.15) is 11.5 Å². The predicted molar refractivity (Wildman–Crippen MR) is 111 cm³/mol. The van der Waals surface area contributed by atoms with Crippen molar-refractivity contribution in [2.45, 2.75) is 6.92 Å². The lowest BCUT2D eigenvalue weighted by molar-refractivity contribution is -0.139. The Balaban J connectivity index is 2.27. The minimum absolute atomic E-state index is 0.0487. The van der Waals surface area contributed by atoms with Gasteiger partial charge >= 0.3 is 11.9 Å². The van der Waals surface area contributed by atoms with E-state index >= 15 is 0 Å². The van der Waals surface area contributed by atoms with Gasteiger partial charge in [-0.25, -0.2) is 9.59 Å². The van der Waals surface area contributed by atoms with Crippen LogP contribution in [0.1, 0.15) is 33.2 Å². The van der Waals surface area contributed by atoms with Crippen LogP contribution < -0.4 is 9.47 Å². The molecule has 0 fully saturated rings. The number of hydrogen-bond donors (Lipinski definition) is 2. The Bertz CT molecular complexity index is 1030. The molecule has 0 aliphatic heterocycles. The summed E-state index contributed by atoms with van der Waals surface area (Å²) in [4.78, 5) is 34.5. The smallest absolute Gasteiger partial charge is 0.341 e. The molecular weight excluding hydrogens is 388 g/mol. The Morgan fingerprint density at radius 1 is 1.07 bits per heavy atom. The van der Waals surface area contributed by atoms with E-state index in [1.165, 1.54) is 42.7 Å². The molecule has 0 aliphatic rings. The summed E-state index contributed by atoms with van der Waals surface area (Å²) in [6.45, 7) is 4.87. The van der Waals surface area contributed by atoms with Crippen LogP contribution in [-0.4, -0.2) is 34.5 Å². The molecule has 7 nitrogen and oxygen atoms in total. The first-order chi connectivity index (χ1) is 14.3. The molecule has 7 heteroatoms. The number of allylic oxidation sites excluding steroid dienone is 3. The van der Waals surface area contributed by atoms with Crippen LogP contribution in [0.4, 0.5) is 0 Å². The van der Waals surface area contributed by atoms with Crippen LogP contribution in [0.3, 0.4) is 0 Å². The average Bonchev–Trinajstić information content (AvgIpc) is 2.70. The molecule has 2 aromatic carbocycles. The number of ketones is 1. The highest BCUT2D eigenvalue weighted by Crippen LogP contribution is 2.26. The van der Waals surface area contributed by atoms with E-state index in [4.69, 9.17) is 19.7 Å². The van der Waals surface area contributed by atoms with E-state index in [-0.39, 0.29) is 16.9 Å². The molecule has 30 heavy (non-hydrogen) atoms. The average molecular weight is 408 g/mol. The lowest BCUT2D eigenvalue weighted by atomic mass is 10.1. The molecule has 2 aromatic rings. The zero-order valence-electron chi connectivity index (χ0n) is 16.2. The normalized spacial score (nSPS) is 10.8. The molecule has 0 bridgehead atoms. The second kappa shape index (κ2) is 10.4. The van der Waals surface area contributed by atoms with Gasteiger partial charge in [-0.05, 0) is 48.9 Å². The van der Waals surface area contributed by atoms with Gasteiger partial charge in [-0.2, -0.15) is 0 Å². The van der Waals surface area contributed by atoms with Gasteiger partial charge in [0.25, 0.3) is 0 Å². The van der Waals surface area contributed by atoms with Crippen LogP contribution in [0, 0.1) is 0 Å². The first-order valence-electron chi connectivity index (χ1n) is 8.79. The van der Waals surface area contributed by atoms with Gasteiger partial charge in [0.2, 0.25) is 0 Å². The number of carboxylic acids is 2. The Morgan fingerprint density at radius 2 is 1.83 bits per heavy atom. The van der Waals surface area contributed by atoms with Crippen molar-refractivity contribution in [1.82, 2.24) is 0 Å². The summed E-state index contributed by atoms with van der Waals surface area (Å²) in [5.41, 5.74) is 1.54. The van der Waals surface area contributed by atoms with Crippen LogP contribution in [0.25, 0.3) is 6.08 Å². The second-order valence-corrected chi connectivity index (χ2v) is 6.24. The number of carbonyl (C=O) groups excluding carboxylic acids is 1. The highest BCUT2D eigenvalue weighted by molar-refractivity contribution is 6.08. The summed E-state index contributed by atoms with van der Waals surface area (Å²) in [5, 5.41) is 17.9. The fourth-order valence-corrected chi connectivity index (χ4v) is 2.30. The number of ether oxygens (including phenoxy) is 2. The lowest BCUT2D eigenvalue weighted by Gasteiger charge is -2.10. The summed E-state index contributed by atoms with van der Waals surface area (Å²) in [6, 6.07) is 10.5. The Kier molecular flexibility index (Phi) is 7.70. The molecule has 0 heterocycles. The van der Waals surface area contributed by atoms with E-state index in [9.17, 15) is 14.4 Å². The van der Waals surface area contributed by atoms with E-state index in [1.807, 2.05) is 0 Å². The fourth-order valence-electron chi connectivity index (χ4n) is 2.30. The maximum absolute atomic E-state index is 12.6. The number of rotatable bonds is 10. The minimum atomic E-state index is -1.19. The molecule has 0 atom stereocenters. The molecule has 0 amide bonds. The van der Waals surface area contributed by atoms with Crippen molar-refractivity contribution in [2.75, 3.05) is 6.61 Å². The van der Waals surface area contributed by atoms with Crippen molar-refractivity contribution in [2.24, 2.45) is 0 Å². The Morgan fingerprint density at radius 3 is 2.50 bits per heavy atom. The van der Waals surface area contributed by atoms with Crippen molar-refractivity contribution in [1.29, 1.82) is 0 Å². The van der Waals surface area contributed by atoms with E-state index < -0.39 is 24.3 Å². The molecule has 0 aliphatic carbocycles. The van der Waals surface area contributed by atoms with Gasteiger partial charge in [0, 0.05) is 6.07 Å². The molecule has 0 saturated heterocycles. The van der Waals surface area contributed by atoms with Crippen molar-refractivity contribution in [3.8, 4) is 11.5 Å². The van der Waals surface area contributed by atoms with E-state index in [2.05, 4.69) is 6.58 Å². The zero-order valence-corrected chi connectivity index (χ0v) is 16.2. The number of aliphatic carboxylic acids is 1. The highest BCUT2D eigenvalue weighted by Gasteiger charge is 2.13. The topological polar surface area (TPSA) is 110 Å². The van der Waals surface area contributed by atoms with Crippen LogP contribution in [-0.2, 0) is 4.79 Å². The SMILES string of the molecule is C=C(C)C=COc1ccc(C(=O)C=Cc2cccc(C(=O)O)c2)c(OCC(=O)O)c1. The van der Waals surface area contributed by atoms with Gasteiger partial charge in [-0.15, -0.1) is 0 Å². The zero-order chi connectivity index (χ0) is 22.1. The molecule has 0 spiro atoms. The van der Waals surface area contributed by atoms with Gasteiger partial charge in [-0.1, -0.05) is 30.4 Å². The van der Waals surface area contributed by atoms with Crippen LogP contribution in [0.5, 0.6) is 11.5 Å². The molecular formula is C23H20O7. The van der Waals surface area contributed by atoms with Crippen LogP contribution >= 0.6 is 0 Å².